The number of pyridine rings is 1. The third-order valence-corrected chi connectivity index (χ3v) is 5.09. The largest absolute Gasteiger partial charge is 0.462 e. The average Bonchev–Trinajstić information content (AvgIpc) is 2.74. The van der Waals surface area contributed by atoms with E-state index in [1.54, 1.807) is 25.3 Å². The van der Waals surface area contributed by atoms with Crippen molar-refractivity contribution >= 4 is 11.8 Å². The molecule has 0 bridgehead atoms. The van der Waals surface area contributed by atoms with E-state index in [-0.39, 0.29) is 5.97 Å². The first-order valence-electron chi connectivity index (χ1n) is 10.1. The zero-order valence-corrected chi connectivity index (χ0v) is 16.9. The molecule has 1 aromatic heterocycles. The summed E-state index contributed by atoms with van der Waals surface area (Å²) < 4.78 is 4.97. The summed E-state index contributed by atoms with van der Waals surface area (Å²) in [5, 5.41) is 3.29. The van der Waals surface area contributed by atoms with Gasteiger partial charge in [0, 0.05) is 45.5 Å². The first-order valence-corrected chi connectivity index (χ1v) is 10.1. The van der Waals surface area contributed by atoms with E-state index in [4.69, 9.17) is 4.74 Å². The first kappa shape index (κ1) is 20.3. The van der Waals surface area contributed by atoms with Gasteiger partial charge in [0.1, 0.15) is 5.82 Å². The Morgan fingerprint density at radius 1 is 1.00 bits per heavy atom. The van der Waals surface area contributed by atoms with Crippen LogP contribution in [0.1, 0.15) is 35.3 Å². The molecule has 0 atom stereocenters. The van der Waals surface area contributed by atoms with Crippen molar-refractivity contribution in [3.8, 4) is 0 Å². The topological polar surface area (TPSA) is 57.7 Å². The lowest BCUT2D eigenvalue weighted by Gasteiger charge is -2.34. The monoisotopic (exact) mass is 382 g/mol. The van der Waals surface area contributed by atoms with E-state index in [0.717, 1.165) is 32.0 Å². The number of anilines is 1. The molecule has 0 radical (unpaired) electrons. The van der Waals surface area contributed by atoms with Crippen molar-refractivity contribution in [3.05, 3.63) is 59.3 Å². The van der Waals surface area contributed by atoms with Crippen LogP contribution in [0.4, 0.5) is 5.82 Å². The molecular formula is C22H30N4O2. The molecule has 1 aliphatic rings. The van der Waals surface area contributed by atoms with Crippen molar-refractivity contribution in [2.24, 2.45) is 0 Å². The maximum atomic E-state index is 11.7. The minimum absolute atomic E-state index is 0.340. The fourth-order valence-corrected chi connectivity index (χ4v) is 3.31. The molecule has 28 heavy (non-hydrogen) atoms. The van der Waals surface area contributed by atoms with E-state index in [0.29, 0.717) is 18.7 Å². The van der Waals surface area contributed by atoms with Gasteiger partial charge in [-0.3, -0.25) is 4.90 Å². The highest BCUT2D eigenvalue weighted by Crippen LogP contribution is 2.12. The Kier molecular flexibility index (Phi) is 7.39. The molecule has 3 rings (SSSR count). The number of benzene rings is 1. The molecule has 2 heterocycles. The smallest absolute Gasteiger partial charge is 0.339 e. The Labute approximate surface area is 167 Å². The van der Waals surface area contributed by atoms with Crippen LogP contribution < -0.4 is 5.32 Å². The Morgan fingerprint density at radius 3 is 2.29 bits per heavy atom. The normalized spacial score (nSPS) is 15.4. The fraction of sp³-hybridized carbons (Fsp3) is 0.455. The van der Waals surface area contributed by atoms with Gasteiger partial charge in [0.15, 0.2) is 0 Å². The number of hydrogen-bond acceptors (Lipinski definition) is 6. The minimum atomic E-state index is -0.340. The summed E-state index contributed by atoms with van der Waals surface area (Å²) in [6, 6.07) is 12.3. The van der Waals surface area contributed by atoms with Crippen molar-refractivity contribution < 1.29 is 9.53 Å². The van der Waals surface area contributed by atoms with Crippen molar-refractivity contribution in [1.82, 2.24) is 14.8 Å². The lowest BCUT2D eigenvalue weighted by Crippen LogP contribution is -2.45. The van der Waals surface area contributed by atoms with Crippen LogP contribution in [0.3, 0.4) is 0 Å². The molecule has 150 valence electrons. The number of ether oxygens (including phenoxy) is 1. The van der Waals surface area contributed by atoms with Crippen LogP contribution in [-0.4, -0.2) is 60.1 Å². The summed E-state index contributed by atoms with van der Waals surface area (Å²) in [4.78, 5) is 21.0. The molecular weight excluding hydrogens is 352 g/mol. The molecule has 0 saturated carbocycles. The van der Waals surface area contributed by atoms with Crippen LogP contribution in [0.2, 0.25) is 0 Å². The highest BCUT2D eigenvalue weighted by atomic mass is 16.5. The maximum Gasteiger partial charge on any atom is 0.339 e. The molecule has 1 N–H and O–H groups in total. The third kappa shape index (κ3) is 5.78. The van der Waals surface area contributed by atoms with Crippen molar-refractivity contribution in [1.29, 1.82) is 0 Å². The van der Waals surface area contributed by atoms with Gasteiger partial charge in [-0.25, -0.2) is 9.78 Å². The molecule has 6 heteroatoms. The second-order valence-electron chi connectivity index (χ2n) is 7.03. The molecule has 0 aliphatic carbocycles. The molecule has 0 unspecified atom stereocenters. The molecule has 6 nitrogen and oxygen atoms in total. The molecule has 1 saturated heterocycles. The van der Waals surface area contributed by atoms with Crippen LogP contribution in [-0.2, 0) is 17.8 Å². The molecule has 1 aromatic carbocycles. The molecule has 0 amide bonds. The van der Waals surface area contributed by atoms with E-state index in [2.05, 4.69) is 51.3 Å². The van der Waals surface area contributed by atoms with Gasteiger partial charge in [-0.1, -0.05) is 31.2 Å². The van der Waals surface area contributed by atoms with Gasteiger partial charge in [-0.2, -0.15) is 0 Å². The number of aromatic nitrogens is 1. The summed E-state index contributed by atoms with van der Waals surface area (Å²) in [5.74, 6) is 0.402. The Bertz CT molecular complexity index is 738. The van der Waals surface area contributed by atoms with Gasteiger partial charge in [0.25, 0.3) is 0 Å². The van der Waals surface area contributed by atoms with Crippen molar-refractivity contribution in [2.75, 3.05) is 44.6 Å². The zero-order valence-electron chi connectivity index (χ0n) is 16.9. The van der Waals surface area contributed by atoms with Crippen LogP contribution in [0, 0.1) is 0 Å². The summed E-state index contributed by atoms with van der Waals surface area (Å²) in [6.45, 7) is 11.9. The summed E-state index contributed by atoms with van der Waals surface area (Å²) >= 11 is 0. The first-order chi connectivity index (χ1) is 13.7. The number of nitrogens with one attached hydrogen (secondary N) is 1. The zero-order chi connectivity index (χ0) is 19.8. The molecule has 0 spiro atoms. The SMILES string of the molecule is CCOC(=O)c1ccc(NCc2ccc(CN3CCN(CC)CC3)cc2)nc1. The Morgan fingerprint density at radius 2 is 1.68 bits per heavy atom. The van der Waals surface area contributed by atoms with Gasteiger partial charge in [0.2, 0.25) is 0 Å². The van der Waals surface area contributed by atoms with Crippen LogP contribution in [0.25, 0.3) is 0 Å². The summed E-state index contributed by atoms with van der Waals surface area (Å²) in [5.41, 5.74) is 3.03. The minimum Gasteiger partial charge on any atom is -0.462 e. The van der Waals surface area contributed by atoms with Gasteiger partial charge in [0.05, 0.1) is 12.2 Å². The van der Waals surface area contributed by atoms with E-state index >= 15 is 0 Å². The van der Waals surface area contributed by atoms with Gasteiger partial charge >= 0.3 is 5.97 Å². The second-order valence-corrected chi connectivity index (χ2v) is 7.03. The number of hydrogen-bond donors (Lipinski definition) is 1. The average molecular weight is 383 g/mol. The second kappa shape index (κ2) is 10.2. The number of carbonyl (C=O) groups is 1. The standard InChI is InChI=1S/C22H30N4O2/c1-3-25-11-13-26(14-12-25)17-19-7-5-18(6-8-19)15-23-21-10-9-20(16-24-21)22(27)28-4-2/h5-10,16H,3-4,11-15,17H2,1-2H3,(H,23,24). The Hall–Kier alpha value is -2.44. The van der Waals surface area contributed by atoms with Crippen LogP contribution in [0.15, 0.2) is 42.6 Å². The van der Waals surface area contributed by atoms with Crippen LogP contribution >= 0.6 is 0 Å². The highest BCUT2D eigenvalue weighted by molar-refractivity contribution is 5.89. The summed E-state index contributed by atoms with van der Waals surface area (Å²) in [7, 11) is 0. The number of carbonyl (C=O) groups excluding carboxylic acids is 1. The lowest BCUT2D eigenvalue weighted by atomic mass is 10.1. The Balaban J connectivity index is 1.46. The van der Waals surface area contributed by atoms with Crippen molar-refractivity contribution in [3.63, 3.8) is 0 Å². The predicted octanol–water partition coefficient (Wildman–Crippen LogP) is 3.01. The number of esters is 1. The molecule has 1 aliphatic heterocycles. The number of piperazine rings is 1. The predicted molar refractivity (Wildman–Crippen MR) is 111 cm³/mol. The van der Waals surface area contributed by atoms with E-state index in [9.17, 15) is 4.79 Å². The fourth-order valence-electron chi connectivity index (χ4n) is 3.31. The molecule has 1 fully saturated rings. The van der Waals surface area contributed by atoms with Crippen molar-refractivity contribution in [2.45, 2.75) is 26.9 Å². The van der Waals surface area contributed by atoms with E-state index in [1.165, 1.54) is 24.2 Å². The molecule has 2 aromatic rings. The van der Waals surface area contributed by atoms with E-state index in [1.807, 2.05) is 0 Å². The van der Waals surface area contributed by atoms with Gasteiger partial charge in [-0.15, -0.1) is 0 Å². The summed E-state index contributed by atoms with van der Waals surface area (Å²) in [6.07, 6.45) is 1.54. The number of likely N-dealkylation sites (N-methyl/N-ethyl adjacent to an activating group) is 1. The van der Waals surface area contributed by atoms with Gasteiger partial charge in [-0.05, 0) is 36.7 Å². The highest BCUT2D eigenvalue weighted by Gasteiger charge is 2.15. The number of nitrogens with zero attached hydrogens (tertiary/aromatic N) is 3. The third-order valence-electron chi connectivity index (χ3n) is 5.09. The van der Waals surface area contributed by atoms with E-state index < -0.39 is 0 Å². The lowest BCUT2D eigenvalue weighted by molar-refractivity contribution is 0.0526. The maximum absolute atomic E-state index is 11.7. The number of rotatable bonds is 8. The van der Waals surface area contributed by atoms with Gasteiger partial charge < -0.3 is 15.0 Å². The van der Waals surface area contributed by atoms with Crippen LogP contribution in [0.5, 0.6) is 0 Å². The quantitative estimate of drug-likeness (QED) is 0.709.